The maximum atomic E-state index is 12.0. The lowest BCUT2D eigenvalue weighted by atomic mass is 10.1. The Labute approximate surface area is 104 Å². The molecule has 1 aromatic carbocycles. The summed E-state index contributed by atoms with van der Waals surface area (Å²) < 4.78 is 28.3. The van der Waals surface area contributed by atoms with Crippen molar-refractivity contribution in [1.29, 1.82) is 0 Å². The highest BCUT2D eigenvalue weighted by Crippen LogP contribution is 2.37. The summed E-state index contributed by atoms with van der Waals surface area (Å²) >= 11 is 1.82. The molecule has 94 valence electrons. The second kappa shape index (κ2) is 4.82. The van der Waals surface area contributed by atoms with E-state index in [2.05, 4.69) is 23.9 Å². The molecule has 1 unspecified atom stereocenters. The highest BCUT2D eigenvalue weighted by molar-refractivity contribution is 7.99. The summed E-state index contributed by atoms with van der Waals surface area (Å²) in [4.78, 5) is 0. The lowest BCUT2D eigenvalue weighted by Gasteiger charge is -2.19. The summed E-state index contributed by atoms with van der Waals surface area (Å²) in [6.07, 6.45) is 0. The van der Waals surface area contributed by atoms with E-state index in [9.17, 15) is 8.78 Å². The summed E-state index contributed by atoms with van der Waals surface area (Å²) in [5.41, 5.74) is 1.20. The molecular formula is C12H15F2NOS. The maximum Gasteiger partial charge on any atom is 0.387 e. The van der Waals surface area contributed by atoms with Gasteiger partial charge in [0.15, 0.2) is 0 Å². The first-order chi connectivity index (χ1) is 7.96. The molecule has 2 nitrogen and oxygen atoms in total. The van der Waals surface area contributed by atoms with Gasteiger partial charge in [-0.15, -0.1) is 11.8 Å². The van der Waals surface area contributed by atoms with Gasteiger partial charge in [0.05, 0.1) is 5.37 Å². The molecule has 0 aromatic heterocycles. The van der Waals surface area contributed by atoms with E-state index < -0.39 is 6.61 Å². The first kappa shape index (κ1) is 12.6. The number of alkyl halides is 2. The van der Waals surface area contributed by atoms with Crippen molar-refractivity contribution >= 4 is 11.8 Å². The van der Waals surface area contributed by atoms with Gasteiger partial charge >= 0.3 is 6.61 Å². The number of halogens is 2. The van der Waals surface area contributed by atoms with E-state index in [4.69, 9.17) is 0 Å². The Kier molecular flexibility index (Phi) is 3.58. The van der Waals surface area contributed by atoms with E-state index >= 15 is 0 Å². The van der Waals surface area contributed by atoms with Crippen LogP contribution in [0.1, 0.15) is 24.8 Å². The molecule has 17 heavy (non-hydrogen) atoms. The Hall–Kier alpha value is -0.810. The van der Waals surface area contributed by atoms with E-state index in [1.165, 1.54) is 0 Å². The standard InChI is InChI=1S/C12H15F2NOS/c1-12(2)7-17-10(15-12)8-3-5-9(6-4-8)16-11(13)14/h3-6,10-11,15H,7H2,1-2H3. The largest absolute Gasteiger partial charge is 0.435 e. The lowest BCUT2D eigenvalue weighted by Crippen LogP contribution is -2.35. The van der Waals surface area contributed by atoms with Gasteiger partial charge in [0.2, 0.25) is 0 Å². The third-order valence-corrected chi connectivity index (χ3v) is 4.15. The molecule has 2 rings (SSSR count). The predicted molar refractivity (Wildman–Crippen MR) is 65.5 cm³/mol. The second-order valence-electron chi connectivity index (χ2n) is 4.67. The zero-order chi connectivity index (χ0) is 12.5. The molecule has 1 atom stereocenters. The molecule has 1 aromatic rings. The lowest BCUT2D eigenvalue weighted by molar-refractivity contribution is -0.0498. The van der Waals surface area contributed by atoms with Gasteiger partial charge in [0.1, 0.15) is 5.75 Å². The quantitative estimate of drug-likeness (QED) is 0.899. The van der Waals surface area contributed by atoms with Crippen LogP contribution in [0.5, 0.6) is 5.75 Å². The summed E-state index contributed by atoms with van der Waals surface area (Å²) in [6.45, 7) is 1.53. The van der Waals surface area contributed by atoms with Crippen LogP contribution in [-0.4, -0.2) is 17.9 Å². The number of hydrogen-bond acceptors (Lipinski definition) is 3. The van der Waals surface area contributed by atoms with E-state index in [1.54, 1.807) is 12.1 Å². The smallest absolute Gasteiger partial charge is 0.387 e. The van der Waals surface area contributed by atoms with Gasteiger partial charge in [0, 0.05) is 11.3 Å². The summed E-state index contributed by atoms with van der Waals surface area (Å²) in [5, 5.41) is 3.71. The third kappa shape index (κ3) is 3.33. The van der Waals surface area contributed by atoms with Crippen LogP contribution in [0.15, 0.2) is 24.3 Å². The molecule has 1 N–H and O–H groups in total. The van der Waals surface area contributed by atoms with Crippen molar-refractivity contribution in [3.63, 3.8) is 0 Å². The van der Waals surface area contributed by atoms with Gasteiger partial charge in [-0.1, -0.05) is 12.1 Å². The molecule has 1 fully saturated rings. The molecule has 0 amide bonds. The number of nitrogens with one attached hydrogen (secondary N) is 1. The molecular weight excluding hydrogens is 244 g/mol. The number of thioether (sulfide) groups is 1. The summed E-state index contributed by atoms with van der Waals surface area (Å²) in [5.74, 6) is 1.23. The number of benzene rings is 1. The molecule has 1 heterocycles. The van der Waals surface area contributed by atoms with Crippen LogP contribution in [0.4, 0.5) is 8.78 Å². The summed E-state index contributed by atoms with van der Waals surface area (Å²) in [7, 11) is 0. The van der Waals surface area contributed by atoms with Gasteiger partial charge in [-0.05, 0) is 31.5 Å². The van der Waals surface area contributed by atoms with Crippen LogP contribution in [0, 0.1) is 0 Å². The Balaban J connectivity index is 2.03. The van der Waals surface area contributed by atoms with E-state index in [1.807, 2.05) is 23.9 Å². The minimum atomic E-state index is -2.77. The molecule has 5 heteroatoms. The first-order valence-electron chi connectivity index (χ1n) is 5.40. The molecule has 1 aliphatic rings. The van der Waals surface area contributed by atoms with E-state index in [0.717, 1.165) is 11.3 Å². The van der Waals surface area contributed by atoms with Crippen LogP contribution in [0.2, 0.25) is 0 Å². The van der Waals surface area contributed by atoms with Crippen molar-refractivity contribution < 1.29 is 13.5 Å². The number of hydrogen-bond donors (Lipinski definition) is 1. The van der Waals surface area contributed by atoms with Gasteiger partial charge in [0.25, 0.3) is 0 Å². The topological polar surface area (TPSA) is 21.3 Å². The molecule has 0 spiro atoms. The molecule has 1 saturated heterocycles. The van der Waals surface area contributed by atoms with E-state index in [0.29, 0.717) is 0 Å². The van der Waals surface area contributed by atoms with Crippen molar-refractivity contribution in [1.82, 2.24) is 5.32 Å². The minimum absolute atomic E-state index is 0.119. The Morgan fingerprint density at radius 2 is 2.00 bits per heavy atom. The van der Waals surface area contributed by atoms with Crippen LogP contribution >= 0.6 is 11.8 Å². The highest BCUT2D eigenvalue weighted by Gasteiger charge is 2.31. The van der Waals surface area contributed by atoms with Crippen molar-refractivity contribution in [3.8, 4) is 5.75 Å². The first-order valence-corrected chi connectivity index (χ1v) is 6.45. The average Bonchev–Trinajstić information content (AvgIpc) is 2.59. The zero-order valence-electron chi connectivity index (χ0n) is 9.74. The molecule has 0 saturated carbocycles. The monoisotopic (exact) mass is 259 g/mol. The Morgan fingerprint density at radius 3 is 2.47 bits per heavy atom. The SMILES string of the molecule is CC1(C)CSC(c2ccc(OC(F)F)cc2)N1. The van der Waals surface area contributed by atoms with Gasteiger partial charge < -0.3 is 4.74 Å². The minimum Gasteiger partial charge on any atom is -0.435 e. The third-order valence-electron chi connectivity index (χ3n) is 2.54. The van der Waals surface area contributed by atoms with Gasteiger partial charge in [-0.2, -0.15) is 8.78 Å². The average molecular weight is 259 g/mol. The van der Waals surface area contributed by atoms with Crippen LogP contribution in [-0.2, 0) is 0 Å². The molecule has 1 aliphatic heterocycles. The molecule has 0 aliphatic carbocycles. The maximum absolute atomic E-state index is 12.0. The van der Waals surface area contributed by atoms with Crippen LogP contribution in [0.25, 0.3) is 0 Å². The van der Waals surface area contributed by atoms with E-state index in [-0.39, 0.29) is 16.7 Å². The fraction of sp³-hybridized carbons (Fsp3) is 0.500. The summed E-state index contributed by atoms with van der Waals surface area (Å²) in [6, 6.07) is 6.80. The normalized spacial score (nSPS) is 23.0. The van der Waals surface area contributed by atoms with Crippen molar-refractivity contribution in [2.75, 3.05) is 5.75 Å². The van der Waals surface area contributed by atoms with Crippen molar-refractivity contribution in [2.24, 2.45) is 0 Å². The Bertz CT molecular complexity index is 381. The van der Waals surface area contributed by atoms with Crippen LogP contribution < -0.4 is 10.1 Å². The van der Waals surface area contributed by atoms with Gasteiger partial charge in [-0.3, -0.25) is 5.32 Å². The van der Waals surface area contributed by atoms with Gasteiger partial charge in [-0.25, -0.2) is 0 Å². The highest BCUT2D eigenvalue weighted by atomic mass is 32.2. The fourth-order valence-electron chi connectivity index (χ4n) is 1.73. The predicted octanol–water partition coefficient (Wildman–Crippen LogP) is 3.40. The number of rotatable bonds is 3. The zero-order valence-corrected chi connectivity index (χ0v) is 10.6. The second-order valence-corrected chi connectivity index (χ2v) is 5.76. The molecule has 0 bridgehead atoms. The van der Waals surface area contributed by atoms with Crippen LogP contribution in [0.3, 0.4) is 0 Å². The fourth-order valence-corrected chi connectivity index (χ4v) is 3.15. The van der Waals surface area contributed by atoms with Crippen molar-refractivity contribution in [2.45, 2.75) is 31.4 Å². The Morgan fingerprint density at radius 1 is 1.35 bits per heavy atom. The molecule has 0 radical (unpaired) electrons. The number of ether oxygens (including phenoxy) is 1. The van der Waals surface area contributed by atoms with Crippen molar-refractivity contribution in [3.05, 3.63) is 29.8 Å².